The van der Waals surface area contributed by atoms with Crippen LogP contribution in [0.15, 0.2) is 48.8 Å². The summed E-state index contributed by atoms with van der Waals surface area (Å²) in [6.07, 6.45) is 3.25. The third kappa shape index (κ3) is 3.41. The maximum atomic E-state index is 14.3. The van der Waals surface area contributed by atoms with Gasteiger partial charge >= 0.3 is 0 Å². The number of pyridine rings is 2. The van der Waals surface area contributed by atoms with Crippen LogP contribution < -0.4 is 11.5 Å². The zero-order valence-electron chi connectivity index (χ0n) is 15.3. The van der Waals surface area contributed by atoms with Gasteiger partial charge in [0.1, 0.15) is 11.5 Å². The minimum absolute atomic E-state index is 0.126. The first-order valence-corrected chi connectivity index (χ1v) is 8.66. The second kappa shape index (κ2) is 7.32. The predicted octanol–water partition coefficient (Wildman–Crippen LogP) is 2.67. The molecule has 0 spiro atoms. The molecular weight excluding hydrogens is 378 g/mol. The lowest BCUT2D eigenvalue weighted by molar-refractivity contribution is 0.501. The third-order valence-corrected chi connectivity index (χ3v) is 4.37. The minimum atomic E-state index is -1.07. The zero-order valence-corrected chi connectivity index (χ0v) is 15.3. The fourth-order valence-corrected chi connectivity index (χ4v) is 2.83. The molecule has 10 heteroatoms. The monoisotopic (exact) mass is 394 g/mol. The summed E-state index contributed by atoms with van der Waals surface area (Å²) in [5.41, 5.74) is 14.3. The highest BCUT2D eigenvalue weighted by molar-refractivity contribution is 5.76. The van der Waals surface area contributed by atoms with Crippen molar-refractivity contribution in [2.24, 2.45) is 5.73 Å². The number of anilines is 1. The maximum Gasteiger partial charge on any atom is 0.190 e. The number of hydrogen-bond donors (Lipinski definition) is 2. The second-order valence-corrected chi connectivity index (χ2v) is 6.40. The Morgan fingerprint density at radius 2 is 1.83 bits per heavy atom. The van der Waals surface area contributed by atoms with Crippen LogP contribution in [0.25, 0.3) is 28.2 Å². The maximum absolute atomic E-state index is 14.3. The molecule has 0 radical (unpaired) electrons. The first-order valence-electron chi connectivity index (χ1n) is 8.66. The molecule has 3 aromatic heterocycles. The summed E-state index contributed by atoms with van der Waals surface area (Å²) in [5.74, 6) is -1.81. The molecule has 3 heterocycles. The van der Waals surface area contributed by atoms with E-state index < -0.39 is 11.6 Å². The fraction of sp³-hybridized carbons (Fsp3) is 0.105. The molecule has 0 fully saturated rings. The molecule has 1 aromatic carbocycles. The summed E-state index contributed by atoms with van der Waals surface area (Å²) >= 11 is 0. The van der Waals surface area contributed by atoms with E-state index in [1.54, 1.807) is 18.5 Å². The van der Waals surface area contributed by atoms with E-state index >= 15 is 0 Å². The number of nitrogens with two attached hydrogens (primary N) is 2. The molecule has 0 aliphatic rings. The lowest BCUT2D eigenvalue weighted by atomic mass is 10.1. The molecule has 146 valence electrons. The summed E-state index contributed by atoms with van der Waals surface area (Å²) in [7, 11) is 0. The Balaban J connectivity index is 1.80. The van der Waals surface area contributed by atoms with Gasteiger partial charge in [0.2, 0.25) is 0 Å². The van der Waals surface area contributed by atoms with Crippen LogP contribution in [0.4, 0.5) is 14.6 Å². The van der Waals surface area contributed by atoms with Gasteiger partial charge in [0.05, 0.1) is 11.3 Å². The highest BCUT2D eigenvalue weighted by Gasteiger charge is 2.19. The molecule has 0 amide bonds. The Bertz CT molecular complexity index is 1170. The first kappa shape index (κ1) is 18.6. The molecule has 0 bridgehead atoms. The number of aromatic nitrogens is 6. The molecule has 1 unspecified atom stereocenters. The summed E-state index contributed by atoms with van der Waals surface area (Å²) in [6.45, 7) is 1.84. The number of halogens is 2. The number of hydrogen-bond acceptors (Lipinski definition) is 7. The molecule has 4 rings (SSSR count). The Morgan fingerprint density at radius 1 is 1.03 bits per heavy atom. The van der Waals surface area contributed by atoms with Crippen LogP contribution in [-0.2, 0) is 0 Å². The van der Waals surface area contributed by atoms with Crippen LogP contribution in [0.3, 0.4) is 0 Å². The Labute approximate surface area is 164 Å². The zero-order chi connectivity index (χ0) is 20.5. The average Bonchev–Trinajstić information content (AvgIpc) is 3.20. The van der Waals surface area contributed by atoms with Gasteiger partial charge in [0.15, 0.2) is 17.5 Å². The van der Waals surface area contributed by atoms with E-state index in [2.05, 4.69) is 25.5 Å². The molecule has 29 heavy (non-hydrogen) atoms. The van der Waals surface area contributed by atoms with Gasteiger partial charge in [-0.25, -0.2) is 13.8 Å². The van der Waals surface area contributed by atoms with Gasteiger partial charge in [-0.15, -0.1) is 5.10 Å². The molecular formula is C19H16F2N8. The molecule has 0 saturated heterocycles. The minimum Gasteiger partial charge on any atom is -0.383 e. The predicted molar refractivity (Wildman–Crippen MR) is 103 cm³/mol. The van der Waals surface area contributed by atoms with E-state index in [1.165, 1.54) is 12.1 Å². The summed E-state index contributed by atoms with van der Waals surface area (Å²) in [5, 5.41) is 11.3. The third-order valence-electron chi connectivity index (χ3n) is 4.37. The van der Waals surface area contributed by atoms with Gasteiger partial charge in [-0.3, -0.25) is 4.98 Å². The molecule has 4 N–H and O–H groups in total. The van der Waals surface area contributed by atoms with Crippen molar-refractivity contribution in [3.05, 3.63) is 66.1 Å². The van der Waals surface area contributed by atoms with Crippen LogP contribution in [0, 0.1) is 11.6 Å². The Morgan fingerprint density at radius 3 is 2.55 bits per heavy atom. The smallest absolute Gasteiger partial charge is 0.190 e. The highest BCUT2D eigenvalue weighted by atomic mass is 19.2. The van der Waals surface area contributed by atoms with Crippen LogP contribution in [0.1, 0.15) is 18.7 Å². The van der Waals surface area contributed by atoms with Gasteiger partial charge in [0.25, 0.3) is 0 Å². The molecule has 0 saturated carbocycles. The van der Waals surface area contributed by atoms with Crippen molar-refractivity contribution in [3.63, 3.8) is 0 Å². The van der Waals surface area contributed by atoms with E-state index in [-0.39, 0.29) is 23.4 Å². The van der Waals surface area contributed by atoms with Crippen molar-refractivity contribution < 1.29 is 8.78 Å². The number of tetrazole rings is 1. The van der Waals surface area contributed by atoms with E-state index in [1.807, 2.05) is 19.1 Å². The van der Waals surface area contributed by atoms with Crippen LogP contribution in [0.2, 0.25) is 0 Å². The molecule has 1 atom stereocenters. The van der Waals surface area contributed by atoms with Crippen molar-refractivity contribution in [1.29, 1.82) is 0 Å². The quantitative estimate of drug-likeness (QED) is 0.546. The standard InChI is InChI=1S/C19H16F2N8/c1-10(22)15-6-5-11(8-24-15)12-7-13(18(23)25-9-12)19-26-27-28-29(19)16-4-2-3-14(20)17(16)21/h2-10H,22H2,1H3,(H2,23,25). The van der Waals surface area contributed by atoms with Crippen molar-refractivity contribution in [1.82, 2.24) is 30.2 Å². The SMILES string of the molecule is CC(N)c1ccc(-c2cnc(N)c(-c3nnnn3-c3cccc(F)c3F)c2)cn1. The number of rotatable bonds is 4. The Kier molecular flexibility index (Phi) is 4.69. The normalized spacial score (nSPS) is 12.1. The van der Waals surface area contributed by atoms with Gasteiger partial charge in [-0.2, -0.15) is 4.68 Å². The highest BCUT2D eigenvalue weighted by Crippen LogP contribution is 2.30. The van der Waals surface area contributed by atoms with E-state index in [0.717, 1.165) is 22.0 Å². The van der Waals surface area contributed by atoms with Crippen molar-refractivity contribution in [2.75, 3.05) is 5.73 Å². The largest absolute Gasteiger partial charge is 0.383 e. The molecule has 0 aliphatic heterocycles. The first-order chi connectivity index (χ1) is 14.0. The van der Waals surface area contributed by atoms with E-state index in [9.17, 15) is 8.78 Å². The average molecular weight is 394 g/mol. The summed E-state index contributed by atoms with van der Waals surface area (Å²) < 4.78 is 29.0. The van der Waals surface area contributed by atoms with E-state index in [0.29, 0.717) is 11.1 Å². The topological polar surface area (TPSA) is 121 Å². The van der Waals surface area contributed by atoms with Crippen LogP contribution in [-0.4, -0.2) is 30.2 Å². The molecule has 8 nitrogen and oxygen atoms in total. The van der Waals surface area contributed by atoms with Crippen LogP contribution >= 0.6 is 0 Å². The van der Waals surface area contributed by atoms with Gasteiger partial charge in [-0.05, 0) is 41.6 Å². The summed E-state index contributed by atoms with van der Waals surface area (Å²) in [4.78, 5) is 8.53. The number of nitrogens with zero attached hydrogens (tertiary/aromatic N) is 6. The number of nitrogen functional groups attached to an aromatic ring is 1. The molecule has 0 aliphatic carbocycles. The summed E-state index contributed by atoms with van der Waals surface area (Å²) in [6, 6.07) is 8.95. The van der Waals surface area contributed by atoms with Crippen molar-refractivity contribution in [3.8, 4) is 28.2 Å². The fourth-order valence-electron chi connectivity index (χ4n) is 2.83. The lowest BCUT2D eigenvalue weighted by Crippen LogP contribution is -2.07. The Hall–Kier alpha value is -3.79. The molecule has 4 aromatic rings. The van der Waals surface area contributed by atoms with Crippen molar-refractivity contribution >= 4 is 5.82 Å². The van der Waals surface area contributed by atoms with Crippen LogP contribution in [0.5, 0.6) is 0 Å². The lowest BCUT2D eigenvalue weighted by Gasteiger charge is -2.10. The van der Waals surface area contributed by atoms with E-state index in [4.69, 9.17) is 11.5 Å². The van der Waals surface area contributed by atoms with Gasteiger partial charge in [0, 0.05) is 29.6 Å². The second-order valence-electron chi connectivity index (χ2n) is 6.40. The van der Waals surface area contributed by atoms with Gasteiger partial charge in [-0.1, -0.05) is 12.1 Å². The number of benzene rings is 1. The van der Waals surface area contributed by atoms with Gasteiger partial charge < -0.3 is 11.5 Å². The van der Waals surface area contributed by atoms with Crippen molar-refractivity contribution in [2.45, 2.75) is 13.0 Å².